The van der Waals surface area contributed by atoms with Crippen LogP contribution in [0.1, 0.15) is 25.7 Å². The normalized spacial score (nSPS) is 12.6. The number of imidazole rings is 1. The van der Waals surface area contributed by atoms with E-state index < -0.39 is 6.04 Å². The molecule has 0 spiro atoms. The number of halogens is 2. The molecule has 1 amide bonds. The van der Waals surface area contributed by atoms with Gasteiger partial charge < -0.3 is 5.32 Å². The van der Waals surface area contributed by atoms with Gasteiger partial charge in [-0.1, -0.05) is 0 Å². The first-order chi connectivity index (χ1) is 9.08. The van der Waals surface area contributed by atoms with Crippen molar-refractivity contribution in [3.63, 3.8) is 0 Å². The molecule has 0 aliphatic heterocycles. The summed E-state index contributed by atoms with van der Waals surface area (Å²) >= 11 is 9.27. The third-order valence-corrected chi connectivity index (χ3v) is 3.48. The highest BCUT2D eigenvalue weighted by Crippen LogP contribution is 2.23. The number of fused-ring (bicyclic) bond motifs is 1. The van der Waals surface area contributed by atoms with Gasteiger partial charge in [-0.15, -0.1) is 11.6 Å². The van der Waals surface area contributed by atoms with Gasteiger partial charge in [-0.2, -0.15) is 0 Å². The molecule has 102 valence electrons. The van der Waals surface area contributed by atoms with Gasteiger partial charge in [-0.3, -0.25) is 9.36 Å². The molecule has 1 N–H and O–H groups in total. The fourth-order valence-corrected chi connectivity index (χ4v) is 2.45. The number of rotatable bonds is 4. The number of alkyl halides is 1. The van der Waals surface area contributed by atoms with E-state index in [1.807, 2.05) is 19.9 Å². The van der Waals surface area contributed by atoms with E-state index in [4.69, 9.17) is 11.6 Å². The van der Waals surface area contributed by atoms with Gasteiger partial charge in [0.1, 0.15) is 17.4 Å². The zero-order chi connectivity index (χ0) is 14.0. The Morgan fingerprint density at radius 2 is 2.37 bits per heavy atom. The molecule has 5 nitrogen and oxygen atoms in total. The first kappa shape index (κ1) is 14.3. The lowest BCUT2D eigenvalue weighted by Crippen LogP contribution is -2.31. The van der Waals surface area contributed by atoms with Crippen LogP contribution in [-0.4, -0.2) is 27.0 Å². The van der Waals surface area contributed by atoms with Crippen LogP contribution in [0.2, 0.25) is 0 Å². The monoisotopic (exact) mass is 344 g/mol. The molecule has 0 aliphatic carbocycles. The Morgan fingerprint density at radius 1 is 1.63 bits per heavy atom. The average Bonchev–Trinajstić information content (AvgIpc) is 2.75. The number of pyridine rings is 1. The molecule has 0 bridgehead atoms. The van der Waals surface area contributed by atoms with Crippen molar-refractivity contribution >= 4 is 44.6 Å². The average molecular weight is 346 g/mol. The van der Waals surface area contributed by atoms with Crippen molar-refractivity contribution in [1.29, 1.82) is 0 Å². The van der Waals surface area contributed by atoms with E-state index in [-0.39, 0.29) is 11.8 Å². The summed E-state index contributed by atoms with van der Waals surface area (Å²) in [5.41, 5.74) is 1.39. The molecule has 0 saturated heterocycles. The third-order valence-electron chi connectivity index (χ3n) is 2.81. The molecule has 0 aliphatic rings. The lowest BCUT2D eigenvalue weighted by molar-refractivity contribution is -0.123. The minimum atomic E-state index is -0.396. The number of hydrogen-bond acceptors (Lipinski definition) is 3. The van der Waals surface area contributed by atoms with Gasteiger partial charge in [-0.05, 0) is 35.8 Å². The second kappa shape index (κ2) is 5.88. The van der Waals surface area contributed by atoms with Gasteiger partial charge in [0.2, 0.25) is 5.91 Å². The third kappa shape index (κ3) is 2.74. The predicted octanol–water partition coefficient (Wildman–Crippen LogP) is 2.63. The van der Waals surface area contributed by atoms with Crippen LogP contribution in [0.15, 0.2) is 16.7 Å². The van der Waals surface area contributed by atoms with Gasteiger partial charge in [0, 0.05) is 17.2 Å². The molecule has 7 heteroatoms. The summed E-state index contributed by atoms with van der Waals surface area (Å²) in [6.07, 6.45) is 1.68. The minimum Gasteiger partial charge on any atom is -0.355 e. The Kier molecular flexibility index (Phi) is 4.42. The van der Waals surface area contributed by atoms with Gasteiger partial charge in [0.05, 0.1) is 5.88 Å². The zero-order valence-corrected chi connectivity index (χ0v) is 13.0. The highest BCUT2D eigenvalue weighted by Gasteiger charge is 2.21. The van der Waals surface area contributed by atoms with Gasteiger partial charge >= 0.3 is 0 Å². The number of aromatic nitrogens is 3. The van der Waals surface area contributed by atoms with Crippen LogP contribution in [0.5, 0.6) is 0 Å². The van der Waals surface area contributed by atoms with E-state index in [0.29, 0.717) is 18.0 Å². The summed E-state index contributed by atoms with van der Waals surface area (Å²) < 4.78 is 2.62. The molecular formula is C12H14BrClN4O. The topological polar surface area (TPSA) is 59.8 Å². The maximum absolute atomic E-state index is 12.0. The number of nitrogens with zero attached hydrogens (tertiary/aromatic N) is 3. The Hall–Kier alpha value is -1.14. The predicted molar refractivity (Wildman–Crippen MR) is 78.2 cm³/mol. The molecule has 0 saturated carbocycles. The Morgan fingerprint density at radius 3 is 3.00 bits per heavy atom. The van der Waals surface area contributed by atoms with E-state index in [1.165, 1.54) is 0 Å². The van der Waals surface area contributed by atoms with E-state index in [9.17, 15) is 4.79 Å². The Bertz CT molecular complexity index is 613. The summed E-state index contributed by atoms with van der Waals surface area (Å²) in [7, 11) is 0. The second-order valence-electron chi connectivity index (χ2n) is 4.10. The number of carbonyl (C=O) groups excluding carboxylic acids is 1. The molecule has 0 aromatic carbocycles. The van der Waals surface area contributed by atoms with E-state index in [2.05, 4.69) is 31.2 Å². The fraction of sp³-hybridized carbons (Fsp3) is 0.417. The van der Waals surface area contributed by atoms with Gasteiger partial charge in [0.25, 0.3) is 0 Å². The van der Waals surface area contributed by atoms with Crippen molar-refractivity contribution < 1.29 is 4.79 Å². The molecule has 1 unspecified atom stereocenters. The van der Waals surface area contributed by atoms with Crippen LogP contribution in [0.4, 0.5) is 0 Å². The number of carbonyl (C=O) groups is 1. The molecule has 2 aromatic rings. The maximum Gasteiger partial charge on any atom is 0.242 e. The van der Waals surface area contributed by atoms with E-state index in [0.717, 1.165) is 9.99 Å². The summed E-state index contributed by atoms with van der Waals surface area (Å²) in [5, 5.41) is 2.79. The highest BCUT2D eigenvalue weighted by atomic mass is 79.9. The quantitative estimate of drug-likeness (QED) is 0.867. The molecular weight excluding hydrogens is 332 g/mol. The molecule has 1 atom stereocenters. The van der Waals surface area contributed by atoms with Crippen molar-refractivity contribution in [2.24, 2.45) is 0 Å². The maximum atomic E-state index is 12.0. The van der Waals surface area contributed by atoms with Crippen LogP contribution in [0, 0.1) is 0 Å². The minimum absolute atomic E-state index is 0.0714. The number of hydrogen-bond donors (Lipinski definition) is 1. The van der Waals surface area contributed by atoms with Crippen molar-refractivity contribution in [3.05, 3.63) is 22.6 Å². The van der Waals surface area contributed by atoms with Crippen LogP contribution < -0.4 is 5.32 Å². The molecule has 2 aromatic heterocycles. The first-order valence-electron chi connectivity index (χ1n) is 5.94. The molecule has 0 radical (unpaired) electrons. The lowest BCUT2D eigenvalue weighted by atomic mass is 10.3. The molecule has 19 heavy (non-hydrogen) atoms. The van der Waals surface area contributed by atoms with Crippen molar-refractivity contribution in [2.45, 2.75) is 25.8 Å². The number of likely N-dealkylation sites (N-methyl/N-ethyl adjacent to an activating group) is 1. The Labute approximate surface area is 124 Å². The van der Waals surface area contributed by atoms with Crippen LogP contribution in [0.3, 0.4) is 0 Å². The summed E-state index contributed by atoms with van der Waals surface area (Å²) in [6, 6.07) is 1.46. The fourth-order valence-electron chi connectivity index (χ4n) is 1.94. The largest absolute Gasteiger partial charge is 0.355 e. The van der Waals surface area contributed by atoms with Crippen molar-refractivity contribution in [2.75, 3.05) is 6.54 Å². The number of nitrogens with one attached hydrogen (secondary N) is 1. The summed E-state index contributed by atoms with van der Waals surface area (Å²) in [5.74, 6) is 0.802. The highest BCUT2D eigenvalue weighted by molar-refractivity contribution is 9.10. The van der Waals surface area contributed by atoms with Crippen LogP contribution >= 0.6 is 27.5 Å². The zero-order valence-electron chi connectivity index (χ0n) is 10.7. The first-order valence-corrected chi connectivity index (χ1v) is 7.27. The van der Waals surface area contributed by atoms with Crippen molar-refractivity contribution in [3.8, 4) is 0 Å². The van der Waals surface area contributed by atoms with Gasteiger partial charge in [0.15, 0.2) is 5.65 Å². The lowest BCUT2D eigenvalue weighted by Gasteiger charge is -2.15. The SMILES string of the molecule is CCNC(=O)C(C)n1c(CCl)nc2cc(Br)cnc21. The van der Waals surface area contributed by atoms with Crippen LogP contribution in [-0.2, 0) is 10.7 Å². The summed E-state index contributed by atoms with van der Waals surface area (Å²) in [4.78, 5) is 20.7. The molecule has 2 rings (SSSR count). The Balaban J connectivity index is 2.54. The van der Waals surface area contributed by atoms with Crippen LogP contribution in [0.25, 0.3) is 11.2 Å². The molecule has 2 heterocycles. The smallest absolute Gasteiger partial charge is 0.242 e. The number of amides is 1. The van der Waals surface area contributed by atoms with E-state index in [1.54, 1.807) is 10.8 Å². The molecule has 0 fully saturated rings. The van der Waals surface area contributed by atoms with Gasteiger partial charge in [-0.25, -0.2) is 9.97 Å². The van der Waals surface area contributed by atoms with Crippen molar-refractivity contribution in [1.82, 2.24) is 19.9 Å². The van der Waals surface area contributed by atoms with E-state index >= 15 is 0 Å². The standard InChI is InChI=1S/C12H14BrClN4O/c1-3-15-12(19)7(2)18-10(5-14)17-9-4-8(13)6-16-11(9)18/h4,6-7H,3,5H2,1-2H3,(H,15,19). The second-order valence-corrected chi connectivity index (χ2v) is 5.28. The summed E-state index contributed by atoms with van der Waals surface area (Å²) in [6.45, 7) is 4.28.